The Morgan fingerprint density at radius 1 is 0.938 bits per heavy atom. The Bertz CT molecular complexity index is 1090. The van der Waals surface area contributed by atoms with E-state index in [0.29, 0.717) is 23.1 Å². The normalized spacial score (nSPS) is 11.8. The van der Waals surface area contributed by atoms with Crippen molar-refractivity contribution in [3.63, 3.8) is 0 Å². The van der Waals surface area contributed by atoms with Crippen molar-refractivity contribution in [2.45, 2.75) is 6.42 Å². The first-order valence-corrected chi connectivity index (χ1v) is 10.9. The SMILES string of the molecule is COCCC[NH+]=c1cc(-c2ccc(OC)c(OC)c2)oc2ccc(Cl)cc12.[O-][Cl+3]([O-])([O-])[O-]. The number of nitrogens with one attached hydrogen (secondary N) is 1. The molecule has 0 amide bonds. The van der Waals surface area contributed by atoms with Gasteiger partial charge in [-0.2, -0.15) is 0 Å². The largest absolute Gasteiger partial charge is 0.493 e. The fraction of sp³-hybridized carbons (Fsp3) is 0.286. The van der Waals surface area contributed by atoms with E-state index >= 15 is 0 Å². The molecule has 2 aromatic carbocycles. The van der Waals surface area contributed by atoms with Crippen molar-refractivity contribution >= 4 is 22.6 Å². The van der Waals surface area contributed by atoms with E-state index in [2.05, 4.69) is 4.99 Å². The molecule has 0 spiro atoms. The van der Waals surface area contributed by atoms with Crippen molar-refractivity contribution in [2.24, 2.45) is 0 Å². The quantitative estimate of drug-likeness (QED) is 0.377. The summed E-state index contributed by atoms with van der Waals surface area (Å²) >= 11 is 6.18. The summed E-state index contributed by atoms with van der Waals surface area (Å²) in [4.78, 5) is 3.46. The van der Waals surface area contributed by atoms with Gasteiger partial charge in [0.1, 0.15) is 17.9 Å². The van der Waals surface area contributed by atoms with Crippen LogP contribution in [0, 0.1) is 10.2 Å². The monoisotopic (exact) mass is 487 g/mol. The fourth-order valence-electron chi connectivity index (χ4n) is 2.88. The smallest absolute Gasteiger partial charge is 0.213 e. The average molecular weight is 488 g/mol. The van der Waals surface area contributed by atoms with Crippen LogP contribution in [0.5, 0.6) is 11.5 Å². The number of hydrogen-bond donors (Lipinski definition) is 1. The van der Waals surface area contributed by atoms with Crippen LogP contribution in [0.2, 0.25) is 5.02 Å². The van der Waals surface area contributed by atoms with Crippen molar-refractivity contribution in [1.29, 1.82) is 0 Å². The minimum atomic E-state index is -4.94. The van der Waals surface area contributed by atoms with E-state index in [-0.39, 0.29) is 0 Å². The van der Waals surface area contributed by atoms with Gasteiger partial charge in [0.25, 0.3) is 0 Å². The van der Waals surface area contributed by atoms with Gasteiger partial charge in [0.2, 0.25) is 5.36 Å². The summed E-state index contributed by atoms with van der Waals surface area (Å²) in [5.74, 6) is 2.04. The molecule has 1 N–H and O–H groups in total. The van der Waals surface area contributed by atoms with E-state index < -0.39 is 10.2 Å². The standard InChI is InChI=1S/C21H22ClNO4.ClHO4/c1-24-10-4-9-23-17-13-20(27-18-8-6-15(22)12-16(17)18)14-5-7-19(25-2)21(11-14)26-3;2-1(3,4)5/h5-8,11-13H,4,9-10H2,1-3H3;(H,2,3,4,5). The summed E-state index contributed by atoms with van der Waals surface area (Å²) in [5.41, 5.74) is 1.64. The van der Waals surface area contributed by atoms with Gasteiger partial charge in [0, 0.05) is 24.1 Å². The van der Waals surface area contributed by atoms with Crippen LogP contribution in [-0.4, -0.2) is 34.5 Å². The molecule has 0 aliphatic heterocycles. The third-order valence-electron chi connectivity index (χ3n) is 4.24. The zero-order chi connectivity index (χ0) is 23.7. The summed E-state index contributed by atoms with van der Waals surface area (Å²) in [5, 5.41) is 2.56. The molecule has 11 heteroatoms. The van der Waals surface area contributed by atoms with Crippen LogP contribution in [0.1, 0.15) is 6.42 Å². The highest BCUT2D eigenvalue weighted by atomic mass is 35.7. The molecular formula is C21H23Cl2NO8. The van der Waals surface area contributed by atoms with E-state index in [1.54, 1.807) is 21.3 Å². The molecule has 0 saturated heterocycles. The van der Waals surface area contributed by atoms with Crippen LogP contribution in [0.25, 0.3) is 22.3 Å². The molecule has 32 heavy (non-hydrogen) atoms. The predicted molar refractivity (Wildman–Crippen MR) is 105 cm³/mol. The van der Waals surface area contributed by atoms with Crippen LogP contribution in [0.4, 0.5) is 0 Å². The number of rotatable bonds is 7. The van der Waals surface area contributed by atoms with Gasteiger partial charge < -0.3 is 18.6 Å². The van der Waals surface area contributed by atoms with Gasteiger partial charge >= 0.3 is 0 Å². The summed E-state index contributed by atoms with van der Waals surface area (Å²) in [6.07, 6.45) is 0.899. The third-order valence-corrected chi connectivity index (χ3v) is 4.47. The molecule has 9 nitrogen and oxygen atoms in total. The second-order valence-corrected chi connectivity index (χ2v) is 7.58. The topological polar surface area (TPSA) is 147 Å². The van der Waals surface area contributed by atoms with E-state index in [0.717, 1.165) is 40.6 Å². The van der Waals surface area contributed by atoms with Gasteiger partial charge in [0.05, 0.1) is 32.3 Å². The Kier molecular flexibility index (Phi) is 9.73. The molecule has 0 bridgehead atoms. The van der Waals surface area contributed by atoms with Gasteiger partial charge in [-0.1, -0.05) is 11.6 Å². The predicted octanol–water partition coefficient (Wildman–Crippen LogP) is -1.97. The molecule has 0 atom stereocenters. The summed E-state index contributed by atoms with van der Waals surface area (Å²) in [6.45, 7) is 1.48. The maximum atomic E-state index is 8.49. The maximum Gasteiger partial charge on any atom is 0.213 e. The van der Waals surface area contributed by atoms with Gasteiger partial charge in [-0.15, -0.1) is 10.2 Å². The van der Waals surface area contributed by atoms with Crippen LogP contribution >= 0.6 is 11.6 Å². The third kappa shape index (κ3) is 7.95. The molecular weight excluding hydrogens is 465 g/mol. The Labute approximate surface area is 191 Å². The van der Waals surface area contributed by atoms with Crippen LogP contribution < -0.4 is 38.5 Å². The van der Waals surface area contributed by atoms with Gasteiger partial charge in [-0.3, -0.25) is 0 Å². The van der Waals surface area contributed by atoms with E-state index in [1.807, 2.05) is 42.5 Å². The van der Waals surface area contributed by atoms with Crippen molar-refractivity contribution in [1.82, 2.24) is 0 Å². The summed E-state index contributed by atoms with van der Waals surface area (Å²) in [7, 11) is -0.0145. The zero-order valence-corrected chi connectivity index (χ0v) is 19.2. The number of benzene rings is 2. The highest BCUT2D eigenvalue weighted by molar-refractivity contribution is 6.31. The second-order valence-electron chi connectivity index (χ2n) is 6.39. The van der Waals surface area contributed by atoms with Gasteiger partial charge in [-0.25, -0.2) is 23.6 Å². The Morgan fingerprint density at radius 3 is 2.25 bits per heavy atom. The summed E-state index contributed by atoms with van der Waals surface area (Å²) in [6, 6.07) is 13.3. The van der Waals surface area contributed by atoms with Crippen LogP contribution in [-0.2, 0) is 4.74 Å². The molecule has 0 aliphatic carbocycles. The molecule has 1 aromatic heterocycles. The Balaban J connectivity index is 0.000000654. The number of ether oxygens (including phenoxy) is 3. The number of hydrogen-bond acceptors (Lipinski definition) is 8. The lowest BCUT2D eigenvalue weighted by atomic mass is 10.1. The van der Waals surface area contributed by atoms with E-state index in [4.69, 9.17) is 48.9 Å². The first kappa shape index (κ1) is 25.9. The number of methoxy groups -OCH3 is 3. The summed E-state index contributed by atoms with van der Waals surface area (Å²) < 4.78 is 55.9. The molecule has 3 aromatic rings. The number of fused-ring (bicyclic) bond motifs is 1. The second kappa shape index (κ2) is 12.0. The lowest BCUT2D eigenvalue weighted by molar-refractivity contribution is -2.00. The molecule has 0 fully saturated rings. The average Bonchev–Trinajstić information content (AvgIpc) is 2.75. The first-order chi connectivity index (χ1) is 15.2. The van der Waals surface area contributed by atoms with E-state index in [1.165, 1.54) is 0 Å². The maximum absolute atomic E-state index is 8.49. The number of halogens is 2. The minimum Gasteiger partial charge on any atom is -0.493 e. The van der Waals surface area contributed by atoms with Gasteiger partial charge in [0.15, 0.2) is 11.5 Å². The fourth-order valence-corrected chi connectivity index (χ4v) is 3.05. The molecule has 174 valence electrons. The highest BCUT2D eigenvalue weighted by Crippen LogP contribution is 2.32. The molecule has 0 saturated carbocycles. The first-order valence-electron chi connectivity index (χ1n) is 9.29. The van der Waals surface area contributed by atoms with Crippen LogP contribution in [0.3, 0.4) is 0 Å². The lowest BCUT2D eigenvalue weighted by Gasteiger charge is -2.17. The Hall–Kier alpha value is -2.37. The Morgan fingerprint density at radius 2 is 1.62 bits per heavy atom. The van der Waals surface area contributed by atoms with E-state index in [9.17, 15) is 0 Å². The van der Waals surface area contributed by atoms with Gasteiger partial charge in [-0.05, 0) is 36.4 Å². The van der Waals surface area contributed by atoms with Crippen molar-refractivity contribution < 1.29 is 52.5 Å². The molecule has 1 heterocycles. The van der Waals surface area contributed by atoms with Crippen molar-refractivity contribution in [2.75, 3.05) is 34.5 Å². The van der Waals surface area contributed by atoms with Crippen molar-refractivity contribution in [3.05, 3.63) is 52.8 Å². The zero-order valence-electron chi connectivity index (χ0n) is 17.7. The molecule has 0 aliphatic rings. The molecule has 3 rings (SSSR count). The van der Waals surface area contributed by atoms with Crippen molar-refractivity contribution in [3.8, 4) is 22.8 Å². The molecule has 0 unspecified atom stereocenters. The highest BCUT2D eigenvalue weighted by Gasteiger charge is 2.12. The lowest BCUT2D eigenvalue weighted by Crippen LogP contribution is -2.76. The minimum absolute atomic E-state index is 0.649. The van der Waals surface area contributed by atoms with Crippen LogP contribution in [0.15, 0.2) is 46.9 Å². The molecule has 0 radical (unpaired) electrons.